The van der Waals surface area contributed by atoms with Gasteiger partial charge in [0.05, 0.1) is 11.4 Å². The molecule has 1 fully saturated rings. The van der Waals surface area contributed by atoms with Crippen LogP contribution in [0.25, 0.3) is 0 Å². The Balaban J connectivity index is 1.93. The molecule has 7 heteroatoms. The molecule has 1 aromatic rings. The summed E-state index contributed by atoms with van der Waals surface area (Å²) in [7, 11) is 0. The summed E-state index contributed by atoms with van der Waals surface area (Å²) < 4.78 is 13.0. The van der Waals surface area contributed by atoms with E-state index in [-0.39, 0.29) is 23.4 Å². The van der Waals surface area contributed by atoms with Crippen molar-refractivity contribution < 1.29 is 19.1 Å². The van der Waals surface area contributed by atoms with Crippen molar-refractivity contribution in [2.45, 2.75) is 25.3 Å². The maximum Gasteiger partial charge on any atom is 0.319 e. The number of halogens is 2. The van der Waals surface area contributed by atoms with Crippen LogP contribution in [0.2, 0.25) is 5.02 Å². The van der Waals surface area contributed by atoms with Crippen molar-refractivity contribution in [1.29, 1.82) is 0 Å². The van der Waals surface area contributed by atoms with Gasteiger partial charge in [-0.3, -0.25) is 4.79 Å². The van der Waals surface area contributed by atoms with E-state index >= 15 is 0 Å². The SMILES string of the molecule is O=C(O)CC(NC(=O)Nc1ccc(F)c(Cl)c1)C1CC1. The van der Waals surface area contributed by atoms with E-state index in [4.69, 9.17) is 16.7 Å². The summed E-state index contributed by atoms with van der Waals surface area (Å²) in [4.78, 5) is 22.5. The monoisotopic (exact) mass is 300 g/mol. The van der Waals surface area contributed by atoms with Gasteiger partial charge in [0.25, 0.3) is 0 Å². The van der Waals surface area contributed by atoms with E-state index in [0.717, 1.165) is 18.9 Å². The molecule has 0 aliphatic heterocycles. The zero-order chi connectivity index (χ0) is 14.7. The molecule has 5 nitrogen and oxygen atoms in total. The lowest BCUT2D eigenvalue weighted by Crippen LogP contribution is -2.40. The highest BCUT2D eigenvalue weighted by Crippen LogP contribution is 2.34. The van der Waals surface area contributed by atoms with Gasteiger partial charge in [-0.15, -0.1) is 0 Å². The van der Waals surface area contributed by atoms with E-state index in [2.05, 4.69) is 10.6 Å². The average Bonchev–Trinajstić information content (AvgIpc) is 3.16. The van der Waals surface area contributed by atoms with Gasteiger partial charge >= 0.3 is 12.0 Å². The van der Waals surface area contributed by atoms with Crippen LogP contribution in [0.5, 0.6) is 0 Å². The summed E-state index contributed by atoms with van der Waals surface area (Å²) in [6.45, 7) is 0. The summed E-state index contributed by atoms with van der Waals surface area (Å²) in [5.41, 5.74) is 0.346. The van der Waals surface area contributed by atoms with Crippen molar-refractivity contribution in [3.05, 3.63) is 29.0 Å². The number of hydrogen-bond donors (Lipinski definition) is 3. The molecular formula is C13H14ClFN2O3. The molecule has 0 radical (unpaired) electrons. The van der Waals surface area contributed by atoms with Crippen LogP contribution < -0.4 is 10.6 Å². The highest BCUT2D eigenvalue weighted by atomic mass is 35.5. The topological polar surface area (TPSA) is 78.4 Å². The Bertz CT molecular complexity index is 534. The first-order valence-corrected chi connectivity index (χ1v) is 6.58. The van der Waals surface area contributed by atoms with Crippen molar-refractivity contribution in [1.82, 2.24) is 5.32 Å². The van der Waals surface area contributed by atoms with E-state index in [0.29, 0.717) is 5.69 Å². The number of aliphatic carboxylic acids is 1. The van der Waals surface area contributed by atoms with Crippen LogP contribution in [0.4, 0.5) is 14.9 Å². The highest BCUT2D eigenvalue weighted by molar-refractivity contribution is 6.31. The Labute approximate surface area is 120 Å². The number of rotatable bonds is 5. The standard InChI is InChI=1S/C13H14ClFN2O3/c14-9-5-8(3-4-10(9)15)16-13(20)17-11(6-12(18)19)7-1-2-7/h3-5,7,11H,1-2,6H2,(H,18,19)(H2,16,17,20). The van der Waals surface area contributed by atoms with Gasteiger partial charge < -0.3 is 15.7 Å². The third kappa shape index (κ3) is 4.09. The molecule has 0 spiro atoms. The Hall–Kier alpha value is -1.82. The first-order valence-electron chi connectivity index (χ1n) is 6.20. The van der Waals surface area contributed by atoms with Crippen molar-refractivity contribution in [3.8, 4) is 0 Å². The minimum atomic E-state index is -0.952. The van der Waals surface area contributed by atoms with Crippen molar-refractivity contribution in [2.75, 3.05) is 5.32 Å². The van der Waals surface area contributed by atoms with Crippen LogP contribution >= 0.6 is 11.6 Å². The average molecular weight is 301 g/mol. The fraction of sp³-hybridized carbons (Fsp3) is 0.385. The summed E-state index contributed by atoms with van der Waals surface area (Å²) in [6.07, 6.45) is 1.73. The normalized spacial score (nSPS) is 15.5. The number of benzene rings is 1. The number of carboxylic acids is 1. The fourth-order valence-corrected chi connectivity index (χ4v) is 2.11. The van der Waals surface area contributed by atoms with Gasteiger partial charge in [0.15, 0.2) is 0 Å². The van der Waals surface area contributed by atoms with Crippen LogP contribution in [0.15, 0.2) is 18.2 Å². The predicted octanol–water partition coefficient (Wildman–Crippen LogP) is 2.85. The molecule has 0 aromatic heterocycles. The predicted molar refractivity (Wildman–Crippen MR) is 72.3 cm³/mol. The lowest BCUT2D eigenvalue weighted by atomic mass is 10.1. The molecular weight excluding hydrogens is 287 g/mol. The number of nitrogens with one attached hydrogen (secondary N) is 2. The van der Waals surface area contributed by atoms with Crippen molar-refractivity contribution in [3.63, 3.8) is 0 Å². The third-order valence-electron chi connectivity index (χ3n) is 3.08. The van der Waals surface area contributed by atoms with Gasteiger partial charge in [-0.1, -0.05) is 11.6 Å². The Morgan fingerprint density at radius 2 is 2.15 bits per heavy atom. The van der Waals surface area contributed by atoms with Crippen molar-refractivity contribution >= 4 is 29.3 Å². The Morgan fingerprint density at radius 3 is 2.70 bits per heavy atom. The molecule has 1 atom stereocenters. The van der Waals surface area contributed by atoms with Crippen LogP contribution in [-0.2, 0) is 4.79 Å². The van der Waals surface area contributed by atoms with Gasteiger partial charge in [-0.25, -0.2) is 9.18 Å². The first-order chi connectivity index (χ1) is 9.45. The number of anilines is 1. The largest absolute Gasteiger partial charge is 0.481 e. The molecule has 2 rings (SSSR count). The van der Waals surface area contributed by atoms with E-state index in [1.165, 1.54) is 12.1 Å². The van der Waals surface area contributed by atoms with Crippen LogP contribution in [0.3, 0.4) is 0 Å². The molecule has 108 valence electrons. The number of urea groups is 1. The third-order valence-corrected chi connectivity index (χ3v) is 3.37. The lowest BCUT2D eigenvalue weighted by Gasteiger charge is -2.16. The molecule has 0 saturated heterocycles. The number of carbonyl (C=O) groups excluding carboxylic acids is 1. The van der Waals surface area contributed by atoms with Gasteiger partial charge in [0.1, 0.15) is 5.82 Å². The Kier molecular flexibility index (Phi) is 4.44. The van der Waals surface area contributed by atoms with E-state index in [1.54, 1.807) is 0 Å². The van der Waals surface area contributed by atoms with E-state index < -0.39 is 17.8 Å². The minimum absolute atomic E-state index is 0.0907. The van der Waals surface area contributed by atoms with Crippen LogP contribution in [0.1, 0.15) is 19.3 Å². The smallest absolute Gasteiger partial charge is 0.319 e. The summed E-state index contributed by atoms with van der Waals surface area (Å²) in [5.74, 6) is -1.31. The molecule has 3 N–H and O–H groups in total. The second kappa shape index (κ2) is 6.09. The molecule has 0 heterocycles. The van der Waals surface area contributed by atoms with Crippen molar-refractivity contribution in [2.24, 2.45) is 5.92 Å². The molecule has 20 heavy (non-hydrogen) atoms. The molecule has 0 bridgehead atoms. The summed E-state index contributed by atoms with van der Waals surface area (Å²) >= 11 is 5.61. The number of carbonyl (C=O) groups is 2. The zero-order valence-electron chi connectivity index (χ0n) is 10.5. The quantitative estimate of drug-likeness (QED) is 0.782. The van der Waals surface area contributed by atoms with Gasteiger partial charge in [0.2, 0.25) is 0 Å². The molecule has 2 amide bonds. The van der Waals surface area contributed by atoms with Gasteiger partial charge in [0, 0.05) is 11.7 Å². The highest BCUT2D eigenvalue weighted by Gasteiger charge is 2.33. The number of hydrogen-bond acceptors (Lipinski definition) is 2. The molecule has 1 aliphatic rings. The molecule has 1 unspecified atom stereocenters. The van der Waals surface area contributed by atoms with Gasteiger partial charge in [-0.05, 0) is 37.0 Å². The van der Waals surface area contributed by atoms with E-state index in [9.17, 15) is 14.0 Å². The Morgan fingerprint density at radius 1 is 1.45 bits per heavy atom. The second-order valence-electron chi connectivity index (χ2n) is 4.77. The zero-order valence-corrected chi connectivity index (χ0v) is 11.3. The summed E-state index contributed by atoms with van der Waals surface area (Å²) in [5, 5.41) is 13.8. The molecule has 1 aliphatic carbocycles. The summed E-state index contributed by atoms with van der Waals surface area (Å²) in [6, 6.07) is 2.91. The lowest BCUT2D eigenvalue weighted by molar-refractivity contribution is -0.137. The maximum absolute atomic E-state index is 13.0. The van der Waals surface area contributed by atoms with Crippen LogP contribution in [-0.4, -0.2) is 23.1 Å². The van der Waals surface area contributed by atoms with Crippen LogP contribution in [0, 0.1) is 11.7 Å². The minimum Gasteiger partial charge on any atom is -0.481 e. The number of amides is 2. The molecule has 1 aromatic carbocycles. The first kappa shape index (κ1) is 14.6. The van der Waals surface area contributed by atoms with E-state index in [1.807, 2.05) is 0 Å². The second-order valence-corrected chi connectivity index (χ2v) is 5.18. The number of carboxylic acid groups (broad SMARTS) is 1. The van der Waals surface area contributed by atoms with Gasteiger partial charge in [-0.2, -0.15) is 0 Å². The molecule has 1 saturated carbocycles. The fourth-order valence-electron chi connectivity index (χ4n) is 1.93. The maximum atomic E-state index is 13.0.